The van der Waals surface area contributed by atoms with Gasteiger partial charge in [-0.25, -0.2) is 0 Å². The van der Waals surface area contributed by atoms with Crippen LogP contribution < -0.4 is 5.32 Å². The molecule has 0 bridgehead atoms. The number of nitrogens with one attached hydrogen (secondary N) is 1. The molecule has 0 aliphatic rings. The summed E-state index contributed by atoms with van der Waals surface area (Å²) in [5, 5.41) is 12.4. The largest absolute Gasteiger partial charge is 0.507 e. The van der Waals surface area contributed by atoms with Gasteiger partial charge in [-0.15, -0.1) is 11.8 Å². The molecule has 1 aromatic rings. The van der Waals surface area contributed by atoms with Gasteiger partial charge in [0.25, 0.3) is 5.91 Å². The number of phenols is 1. The molecule has 0 aliphatic heterocycles. The quantitative estimate of drug-likeness (QED) is 0.599. The lowest BCUT2D eigenvalue weighted by Gasteiger charge is -2.06. The number of rotatable bonds is 3. The summed E-state index contributed by atoms with van der Waals surface area (Å²) in [6.45, 7) is 4.01. The third-order valence-corrected chi connectivity index (χ3v) is 2.19. The van der Waals surface area contributed by atoms with Gasteiger partial charge in [0.1, 0.15) is 5.75 Å². The lowest BCUT2D eigenvalue weighted by Crippen LogP contribution is -2.24. The molecular weight excluding hydrogens is 202 g/mol. The van der Waals surface area contributed by atoms with Crippen molar-refractivity contribution < 1.29 is 9.90 Å². The molecule has 0 unspecified atom stereocenters. The molecule has 0 saturated heterocycles. The van der Waals surface area contributed by atoms with E-state index in [4.69, 9.17) is 0 Å². The highest BCUT2D eigenvalue weighted by atomic mass is 16.3. The Labute approximate surface area is 95.5 Å². The van der Waals surface area contributed by atoms with Crippen LogP contribution in [0.4, 0.5) is 0 Å². The van der Waals surface area contributed by atoms with Gasteiger partial charge >= 0.3 is 0 Å². The van der Waals surface area contributed by atoms with E-state index in [-0.39, 0.29) is 11.7 Å². The molecule has 0 aliphatic carbocycles. The molecule has 0 atom stereocenters. The first-order chi connectivity index (χ1) is 7.66. The highest BCUT2D eigenvalue weighted by Crippen LogP contribution is 2.20. The van der Waals surface area contributed by atoms with Gasteiger partial charge in [0.2, 0.25) is 0 Å². The van der Waals surface area contributed by atoms with Crippen molar-refractivity contribution >= 4 is 5.91 Å². The van der Waals surface area contributed by atoms with Crippen molar-refractivity contribution in [2.24, 2.45) is 0 Å². The Morgan fingerprint density at radius 3 is 2.94 bits per heavy atom. The summed E-state index contributed by atoms with van der Waals surface area (Å²) in [4.78, 5) is 11.7. The van der Waals surface area contributed by atoms with Crippen molar-refractivity contribution in [1.82, 2.24) is 5.32 Å². The normalized spacial score (nSPS) is 9.12. The van der Waals surface area contributed by atoms with Crippen LogP contribution in [0.1, 0.15) is 29.3 Å². The molecule has 1 amide bonds. The molecule has 0 aromatic heterocycles. The second-order valence-electron chi connectivity index (χ2n) is 3.40. The minimum Gasteiger partial charge on any atom is -0.507 e. The predicted molar refractivity (Wildman–Crippen MR) is 63.2 cm³/mol. The molecule has 3 heteroatoms. The fourth-order valence-corrected chi connectivity index (χ4v) is 1.30. The van der Waals surface area contributed by atoms with E-state index in [1.165, 1.54) is 0 Å². The molecule has 0 saturated carbocycles. The number of para-hydroxylation sites is 1. The summed E-state index contributed by atoms with van der Waals surface area (Å²) in [7, 11) is 0. The minimum absolute atomic E-state index is 0.0431. The maximum Gasteiger partial charge on any atom is 0.255 e. The number of phenolic OH excluding ortho intramolecular Hbond substituents is 1. The molecule has 3 nitrogen and oxygen atoms in total. The van der Waals surface area contributed by atoms with Crippen LogP contribution in [0.2, 0.25) is 0 Å². The van der Waals surface area contributed by atoms with Crippen molar-refractivity contribution in [3.63, 3.8) is 0 Å². The monoisotopic (exact) mass is 217 g/mol. The molecule has 16 heavy (non-hydrogen) atoms. The maximum absolute atomic E-state index is 11.7. The Bertz CT molecular complexity index is 441. The summed E-state index contributed by atoms with van der Waals surface area (Å²) < 4.78 is 0. The van der Waals surface area contributed by atoms with Crippen molar-refractivity contribution in [1.29, 1.82) is 0 Å². The third-order valence-electron chi connectivity index (χ3n) is 2.19. The maximum atomic E-state index is 11.7. The van der Waals surface area contributed by atoms with Crippen molar-refractivity contribution in [2.75, 3.05) is 6.54 Å². The average Bonchev–Trinajstić information content (AvgIpc) is 2.28. The zero-order valence-corrected chi connectivity index (χ0v) is 9.50. The van der Waals surface area contributed by atoms with Crippen LogP contribution >= 0.6 is 0 Å². The zero-order valence-electron chi connectivity index (χ0n) is 9.50. The van der Waals surface area contributed by atoms with Gasteiger partial charge in [0.05, 0.1) is 5.56 Å². The van der Waals surface area contributed by atoms with Crippen LogP contribution in [0.25, 0.3) is 0 Å². The molecule has 0 heterocycles. The van der Waals surface area contributed by atoms with Gasteiger partial charge < -0.3 is 10.4 Å². The Kier molecular flexibility index (Phi) is 4.41. The van der Waals surface area contributed by atoms with Crippen molar-refractivity contribution in [3.8, 4) is 17.6 Å². The second kappa shape index (κ2) is 5.82. The summed E-state index contributed by atoms with van der Waals surface area (Å²) >= 11 is 0. The van der Waals surface area contributed by atoms with Gasteiger partial charge in [-0.2, -0.15) is 0 Å². The number of amides is 1. The standard InChI is InChI=1S/C13H15NO2/c1-3-4-5-9-14-13(16)11-8-6-7-10(2)12(11)15/h6-8,15H,5,9H2,1-2H3,(H,14,16). The van der Waals surface area contributed by atoms with E-state index in [9.17, 15) is 9.90 Å². The van der Waals surface area contributed by atoms with Crippen molar-refractivity contribution in [2.45, 2.75) is 20.3 Å². The third kappa shape index (κ3) is 3.03. The minimum atomic E-state index is -0.265. The van der Waals surface area contributed by atoms with Gasteiger partial charge in [-0.05, 0) is 25.5 Å². The summed E-state index contributed by atoms with van der Waals surface area (Å²) in [6, 6.07) is 5.10. The van der Waals surface area contributed by atoms with Crippen LogP contribution in [-0.2, 0) is 0 Å². The number of hydrogen-bond donors (Lipinski definition) is 2. The van der Waals surface area contributed by atoms with Crippen LogP contribution in [0.5, 0.6) is 5.75 Å². The zero-order chi connectivity index (χ0) is 12.0. The fourth-order valence-electron chi connectivity index (χ4n) is 1.30. The molecule has 2 N–H and O–H groups in total. The van der Waals surface area contributed by atoms with Gasteiger partial charge in [0.15, 0.2) is 0 Å². The number of carbonyl (C=O) groups is 1. The van der Waals surface area contributed by atoms with Gasteiger partial charge in [-0.1, -0.05) is 12.1 Å². The van der Waals surface area contributed by atoms with E-state index in [1.54, 1.807) is 32.0 Å². The summed E-state index contributed by atoms with van der Waals surface area (Å²) in [5.74, 6) is 5.38. The lowest BCUT2D eigenvalue weighted by molar-refractivity contribution is 0.0952. The first-order valence-electron chi connectivity index (χ1n) is 5.13. The Morgan fingerprint density at radius 2 is 2.25 bits per heavy atom. The van der Waals surface area contributed by atoms with E-state index >= 15 is 0 Å². The highest BCUT2D eigenvalue weighted by Gasteiger charge is 2.11. The van der Waals surface area contributed by atoms with E-state index in [2.05, 4.69) is 17.2 Å². The Hall–Kier alpha value is -1.95. The molecule has 0 fully saturated rings. The lowest BCUT2D eigenvalue weighted by atomic mass is 10.1. The summed E-state index contributed by atoms with van der Waals surface area (Å²) in [6.07, 6.45) is 0.620. The molecule has 0 radical (unpaired) electrons. The number of aryl methyl sites for hydroxylation is 1. The topological polar surface area (TPSA) is 49.3 Å². The molecule has 1 rings (SSSR count). The van der Waals surface area contributed by atoms with Crippen LogP contribution in [0, 0.1) is 18.8 Å². The molecular formula is C13H15NO2. The van der Waals surface area contributed by atoms with Crippen molar-refractivity contribution in [3.05, 3.63) is 29.3 Å². The first kappa shape index (κ1) is 12.1. The first-order valence-corrected chi connectivity index (χ1v) is 5.13. The van der Waals surface area contributed by atoms with Crippen LogP contribution in [-0.4, -0.2) is 17.6 Å². The smallest absolute Gasteiger partial charge is 0.255 e. The Balaban J connectivity index is 2.65. The van der Waals surface area contributed by atoms with Crippen LogP contribution in [0.15, 0.2) is 18.2 Å². The second-order valence-corrected chi connectivity index (χ2v) is 3.40. The van der Waals surface area contributed by atoms with Gasteiger partial charge in [-0.3, -0.25) is 4.79 Å². The number of benzene rings is 1. The number of aromatic hydroxyl groups is 1. The molecule has 1 aromatic carbocycles. The number of carbonyl (C=O) groups excluding carboxylic acids is 1. The van der Waals surface area contributed by atoms with E-state index in [0.717, 1.165) is 0 Å². The molecule has 0 spiro atoms. The van der Waals surface area contributed by atoms with E-state index in [1.807, 2.05) is 0 Å². The van der Waals surface area contributed by atoms with Crippen LogP contribution in [0.3, 0.4) is 0 Å². The SMILES string of the molecule is CC#CCCNC(=O)c1cccc(C)c1O. The fraction of sp³-hybridized carbons (Fsp3) is 0.308. The van der Waals surface area contributed by atoms with Gasteiger partial charge in [0, 0.05) is 13.0 Å². The number of hydrogen-bond acceptors (Lipinski definition) is 2. The predicted octanol–water partition coefficient (Wildman–Crippen LogP) is 1.84. The summed E-state index contributed by atoms with van der Waals surface area (Å²) in [5.41, 5.74) is 1.01. The molecule has 84 valence electrons. The van der Waals surface area contributed by atoms with E-state index < -0.39 is 0 Å². The highest BCUT2D eigenvalue weighted by molar-refractivity contribution is 5.97. The average molecular weight is 217 g/mol. The Morgan fingerprint density at radius 1 is 1.50 bits per heavy atom. The van der Waals surface area contributed by atoms with E-state index in [0.29, 0.717) is 24.1 Å².